The molecule has 2 unspecified atom stereocenters. The average molecular weight is 604 g/mol. The third-order valence-corrected chi connectivity index (χ3v) is 9.50. The van der Waals surface area contributed by atoms with Gasteiger partial charge in [-0.2, -0.15) is 0 Å². The first-order valence-electron chi connectivity index (χ1n) is 14.8. The van der Waals surface area contributed by atoms with Crippen LogP contribution in [0.25, 0.3) is 5.69 Å². The van der Waals surface area contributed by atoms with Gasteiger partial charge in [-0.25, -0.2) is 9.07 Å². The molecule has 0 radical (unpaired) electrons. The summed E-state index contributed by atoms with van der Waals surface area (Å²) in [6, 6.07) is 10.9. The molecule has 0 spiro atoms. The van der Waals surface area contributed by atoms with Gasteiger partial charge in [-0.05, 0) is 89.8 Å². The van der Waals surface area contributed by atoms with Gasteiger partial charge in [0.05, 0.1) is 23.2 Å². The Morgan fingerprint density at radius 1 is 1.12 bits per heavy atom. The molecule has 4 aromatic rings. The Kier molecular flexibility index (Phi) is 7.78. The molecule has 2 aliphatic heterocycles. The second-order valence-corrected chi connectivity index (χ2v) is 13.4. The van der Waals surface area contributed by atoms with Crippen LogP contribution in [0, 0.1) is 26.6 Å². The van der Waals surface area contributed by atoms with Crippen molar-refractivity contribution < 1.29 is 13.9 Å². The molecule has 0 aliphatic carbocycles. The molecule has 6 rings (SSSR count). The number of hydrogen-bond acceptors (Lipinski definition) is 7. The van der Waals surface area contributed by atoms with Gasteiger partial charge in [0.25, 0.3) is 0 Å². The SMILES string of the molecule is Cc1ccc(C)c(-n2c(C)nnc2SCC(=O)N2CCC(c3cn([C@@H]4CC(C)(C)Oc5ccc(F)cc54)nn3)CC2C)c1. The number of nitrogens with zero attached hydrogens (tertiary/aromatic N) is 7. The molecular formula is C32H38FN7O2S. The number of hydrogen-bond donors (Lipinski definition) is 0. The van der Waals surface area contributed by atoms with Crippen LogP contribution in [0.2, 0.25) is 0 Å². The summed E-state index contributed by atoms with van der Waals surface area (Å²) >= 11 is 1.43. The van der Waals surface area contributed by atoms with E-state index in [1.165, 1.54) is 23.9 Å². The third kappa shape index (κ3) is 5.91. The molecule has 9 nitrogen and oxygen atoms in total. The number of carbonyl (C=O) groups excluding carboxylic acids is 1. The number of ether oxygens (including phenoxy) is 1. The largest absolute Gasteiger partial charge is 0.487 e. The number of benzene rings is 2. The van der Waals surface area contributed by atoms with Crippen LogP contribution >= 0.6 is 11.8 Å². The summed E-state index contributed by atoms with van der Waals surface area (Å²) in [6.07, 6.45) is 4.26. The zero-order chi connectivity index (χ0) is 30.5. The summed E-state index contributed by atoms with van der Waals surface area (Å²) in [5, 5.41) is 18.4. The lowest BCUT2D eigenvalue weighted by Gasteiger charge is -2.37. The van der Waals surface area contributed by atoms with Crippen molar-refractivity contribution in [2.24, 2.45) is 0 Å². The van der Waals surface area contributed by atoms with E-state index in [0.29, 0.717) is 24.5 Å². The number of halogens is 1. The maximum absolute atomic E-state index is 14.2. The molecule has 3 atom stereocenters. The molecule has 0 N–H and O–H groups in total. The Hall–Kier alpha value is -3.73. The molecule has 2 aromatic heterocycles. The molecule has 2 aliphatic rings. The molecular weight excluding hydrogens is 565 g/mol. The van der Waals surface area contributed by atoms with E-state index in [-0.39, 0.29) is 29.7 Å². The highest BCUT2D eigenvalue weighted by molar-refractivity contribution is 7.99. The topological polar surface area (TPSA) is 91.0 Å². The van der Waals surface area contributed by atoms with Gasteiger partial charge in [0.15, 0.2) is 5.16 Å². The van der Waals surface area contributed by atoms with Crippen LogP contribution in [-0.2, 0) is 4.79 Å². The maximum Gasteiger partial charge on any atom is 0.233 e. The fourth-order valence-corrected chi connectivity index (χ4v) is 7.22. The van der Waals surface area contributed by atoms with Gasteiger partial charge < -0.3 is 9.64 Å². The van der Waals surface area contributed by atoms with E-state index < -0.39 is 5.60 Å². The predicted octanol–water partition coefficient (Wildman–Crippen LogP) is 5.96. The lowest BCUT2D eigenvalue weighted by molar-refractivity contribution is -0.131. The number of aryl methyl sites for hydroxylation is 3. The van der Waals surface area contributed by atoms with E-state index >= 15 is 0 Å². The quantitative estimate of drug-likeness (QED) is 0.251. The Labute approximate surface area is 255 Å². The second kappa shape index (κ2) is 11.4. The summed E-state index contributed by atoms with van der Waals surface area (Å²) in [7, 11) is 0. The number of likely N-dealkylation sites (tertiary alicyclic amines) is 1. The molecule has 0 saturated carbocycles. The summed E-state index contributed by atoms with van der Waals surface area (Å²) in [5.74, 6) is 1.76. The summed E-state index contributed by atoms with van der Waals surface area (Å²) < 4.78 is 24.2. The lowest BCUT2D eigenvalue weighted by Crippen LogP contribution is -2.45. The fraction of sp³-hybridized carbons (Fsp3) is 0.469. The number of amides is 1. The lowest BCUT2D eigenvalue weighted by atomic mass is 9.88. The zero-order valence-corrected chi connectivity index (χ0v) is 26.4. The van der Waals surface area contributed by atoms with E-state index in [1.807, 2.05) is 41.1 Å². The monoisotopic (exact) mass is 603 g/mol. The van der Waals surface area contributed by atoms with Crippen LogP contribution in [0.3, 0.4) is 0 Å². The first kappa shape index (κ1) is 29.3. The Morgan fingerprint density at radius 2 is 1.93 bits per heavy atom. The van der Waals surface area contributed by atoms with Crippen molar-refractivity contribution in [2.75, 3.05) is 12.3 Å². The molecule has 1 fully saturated rings. The summed E-state index contributed by atoms with van der Waals surface area (Å²) in [4.78, 5) is 15.4. The molecule has 11 heteroatoms. The Morgan fingerprint density at radius 3 is 2.72 bits per heavy atom. The van der Waals surface area contributed by atoms with Crippen LogP contribution in [0.15, 0.2) is 47.8 Å². The standard InChI is InChI=1S/C32H38FN7O2S/c1-19-7-8-20(2)27(13-19)40-22(4)34-36-31(40)43-18-30(41)38-12-11-23(14-21(38)3)26-17-39(37-35-26)28-16-32(5,6)42-29-10-9-24(33)15-25(28)29/h7-10,13,15,17,21,23,28H,11-12,14,16,18H2,1-6H3/t21?,23?,28-/m1/s1. The molecule has 2 aromatic carbocycles. The highest BCUT2D eigenvalue weighted by atomic mass is 32.2. The molecule has 1 amide bonds. The van der Waals surface area contributed by atoms with E-state index in [4.69, 9.17) is 4.74 Å². The van der Waals surface area contributed by atoms with Crippen LogP contribution < -0.4 is 4.74 Å². The van der Waals surface area contributed by atoms with Crippen LogP contribution in [0.4, 0.5) is 4.39 Å². The minimum absolute atomic E-state index is 0.0625. The minimum atomic E-state index is -0.412. The van der Waals surface area contributed by atoms with Crippen molar-refractivity contribution in [1.29, 1.82) is 0 Å². The molecule has 43 heavy (non-hydrogen) atoms. The van der Waals surface area contributed by atoms with E-state index in [2.05, 4.69) is 59.5 Å². The van der Waals surface area contributed by atoms with Gasteiger partial charge in [0.1, 0.15) is 23.0 Å². The van der Waals surface area contributed by atoms with Crippen LogP contribution in [-0.4, -0.2) is 64.5 Å². The van der Waals surface area contributed by atoms with Crippen molar-refractivity contribution in [2.45, 2.75) is 89.6 Å². The average Bonchev–Trinajstić information content (AvgIpc) is 3.59. The first-order chi connectivity index (χ1) is 20.5. The maximum atomic E-state index is 14.2. The summed E-state index contributed by atoms with van der Waals surface area (Å²) in [6.45, 7) is 12.9. The summed E-state index contributed by atoms with van der Waals surface area (Å²) in [5.41, 5.74) is 4.61. The second-order valence-electron chi connectivity index (χ2n) is 12.5. The smallest absolute Gasteiger partial charge is 0.233 e. The predicted molar refractivity (Wildman–Crippen MR) is 163 cm³/mol. The Balaban J connectivity index is 1.11. The zero-order valence-electron chi connectivity index (χ0n) is 25.5. The van der Waals surface area contributed by atoms with Gasteiger partial charge in [0, 0.05) is 36.7 Å². The van der Waals surface area contributed by atoms with Gasteiger partial charge in [-0.1, -0.05) is 29.1 Å². The van der Waals surface area contributed by atoms with Crippen molar-refractivity contribution in [3.63, 3.8) is 0 Å². The molecule has 1 saturated heterocycles. The van der Waals surface area contributed by atoms with Crippen molar-refractivity contribution >= 4 is 17.7 Å². The fourth-order valence-electron chi connectivity index (χ4n) is 6.35. The molecule has 226 valence electrons. The van der Waals surface area contributed by atoms with Crippen molar-refractivity contribution in [3.8, 4) is 11.4 Å². The van der Waals surface area contributed by atoms with Crippen LogP contribution in [0.1, 0.15) is 80.2 Å². The highest BCUT2D eigenvalue weighted by Crippen LogP contribution is 2.42. The van der Waals surface area contributed by atoms with Crippen LogP contribution in [0.5, 0.6) is 5.75 Å². The molecule has 0 bridgehead atoms. The van der Waals surface area contributed by atoms with E-state index in [0.717, 1.165) is 51.9 Å². The Bertz CT molecular complexity index is 1670. The minimum Gasteiger partial charge on any atom is -0.487 e. The van der Waals surface area contributed by atoms with Gasteiger partial charge in [0.2, 0.25) is 5.91 Å². The van der Waals surface area contributed by atoms with E-state index in [9.17, 15) is 9.18 Å². The van der Waals surface area contributed by atoms with Crippen molar-refractivity contribution in [1.82, 2.24) is 34.7 Å². The third-order valence-electron chi connectivity index (χ3n) is 8.59. The van der Waals surface area contributed by atoms with Gasteiger partial charge >= 0.3 is 0 Å². The van der Waals surface area contributed by atoms with Gasteiger partial charge in [-0.15, -0.1) is 15.3 Å². The first-order valence-corrected chi connectivity index (χ1v) is 15.8. The molecule has 4 heterocycles. The number of rotatable bonds is 6. The number of carbonyl (C=O) groups is 1. The number of piperidine rings is 1. The van der Waals surface area contributed by atoms with Crippen molar-refractivity contribution in [3.05, 3.63) is 76.6 Å². The van der Waals surface area contributed by atoms with Gasteiger partial charge in [-0.3, -0.25) is 9.36 Å². The highest BCUT2D eigenvalue weighted by Gasteiger charge is 2.37. The van der Waals surface area contributed by atoms with E-state index in [1.54, 1.807) is 6.07 Å². The number of fused-ring (bicyclic) bond motifs is 1. The number of aromatic nitrogens is 6. The normalized spacial score (nSPS) is 21.4. The number of thioether (sulfide) groups is 1.